The van der Waals surface area contributed by atoms with Crippen LogP contribution < -0.4 is 0 Å². The Labute approximate surface area is 128 Å². The highest BCUT2D eigenvalue weighted by atomic mass is 32.2. The van der Waals surface area contributed by atoms with E-state index in [9.17, 15) is 13.9 Å². The zero-order chi connectivity index (χ0) is 14.6. The van der Waals surface area contributed by atoms with Gasteiger partial charge in [0.1, 0.15) is 6.10 Å². The minimum Gasteiger partial charge on any atom is -0.384 e. The van der Waals surface area contributed by atoms with E-state index >= 15 is 0 Å². The van der Waals surface area contributed by atoms with Gasteiger partial charge in [0, 0.05) is 26.5 Å². The average molecular weight is 320 g/mol. The largest absolute Gasteiger partial charge is 0.384 e. The van der Waals surface area contributed by atoms with Gasteiger partial charge in [0.15, 0.2) is 11.6 Å². The second-order valence-corrected chi connectivity index (χ2v) is 6.84. The Morgan fingerprint density at radius 1 is 1.05 bits per heavy atom. The molecule has 0 aliphatic carbocycles. The molecule has 0 spiro atoms. The van der Waals surface area contributed by atoms with Gasteiger partial charge < -0.3 is 5.11 Å². The lowest BCUT2D eigenvalue weighted by atomic mass is 9.96. The van der Waals surface area contributed by atoms with Crippen molar-refractivity contribution in [3.05, 3.63) is 64.0 Å². The number of fused-ring (bicyclic) bond motifs is 4. The maximum Gasteiger partial charge on any atom is 0.163 e. The van der Waals surface area contributed by atoms with Crippen molar-refractivity contribution in [1.82, 2.24) is 0 Å². The normalized spacial score (nSPS) is 17.4. The van der Waals surface area contributed by atoms with Crippen LogP contribution >= 0.6 is 23.1 Å². The zero-order valence-corrected chi connectivity index (χ0v) is 12.4. The highest BCUT2D eigenvalue weighted by molar-refractivity contribution is 7.99. The summed E-state index contributed by atoms with van der Waals surface area (Å²) in [7, 11) is 0. The molecule has 2 aromatic carbocycles. The molecule has 0 radical (unpaired) electrons. The number of benzene rings is 2. The van der Waals surface area contributed by atoms with E-state index in [0.29, 0.717) is 11.3 Å². The second kappa shape index (κ2) is 4.80. The van der Waals surface area contributed by atoms with Gasteiger partial charge in [0.2, 0.25) is 0 Å². The molecule has 0 saturated heterocycles. The Balaban J connectivity index is 1.98. The molecule has 5 heteroatoms. The summed E-state index contributed by atoms with van der Waals surface area (Å²) in [5.74, 6) is -1.40. The lowest BCUT2D eigenvalue weighted by Crippen LogP contribution is -2.05. The summed E-state index contributed by atoms with van der Waals surface area (Å²) < 4.78 is 28.5. The van der Waals surface area contributed by atoms with Crippen molar-refractivity contribution in [2.45, 2.75) is 16.8 Å². The van der Waals surface area contributed by atoms with E-state index in [1.165, 1.54) is 17.8 Å². The van der Waals surface area contributed by atoms with E-state index in [1.54, 1.807) is 11.3 Å². The molecule has 0 fully saturated rings. The summed E-state index contributed by atoms with van der Waals surface area (Å²) in [4.78, 5) is 0.964. The molecule has 2 heterocycles. The summed E-state index contributed by atoms with van der Waals surface area (Å²) in [6.07, 6.45) is -0.924. The van der Waals surface area contributed by atoms with Gasteiger partial charge in [-0.2, -0.15) is 0 Å². The predicted octanol–water partition coefficient (Wildman–Crippen LogP) is 4.87. The topological polar surface area (TPSA) is 20.2 Å². The third-order valence-electron chi connectivity index (χ3n) is 3.79. The molecular formula is C16H10F2OS2. The number of halogens is 2. The van der Waals surface area contributed by atoms with Crippen LogP contribution in [0.1, 0.15) is 22.8 Å². The fourth-order valence-electron chi connectivity index (χ4n) is 2.71. The van der Waals surface area contributed by atoms with Crippen LogP contribution in [0, 0.1) is 11.6 Å². The third-order valence-corrected chi connectivity index (χ3v) is 6.03. The molecule has 1 unspecified atom stereocenters. The molecule has 3 aromatic rings. The summed E-state index contributed by atoms with van der Waals surface area (Å²) in [6, 6.07) is 8.41. The maximum absolute atomic E-state index is 14.0. The van der Waals surface area contributed by atoms with Crippen LogP contribution in [-0.2, 0) is 5.75 Å². The molecule has 0 bridgehead atoms. The molecule has 4 rings (SSSR count). The fourth-order valence-corrected chi connectivity index (χ4v) is 5.05. The summed E-state index contributed by atoms with van der Waals surface area (Å²) in [5.41, 5.74) is 1.48. The quantitative estimate of drug-likeness (QED) is 0.638. The van der Waals surface area contributed by atoms with Crippen molar-refractivity contribution in [1.29, 1.82) is 0 Å². The molecule has 1 N–H and O–H groups in total. The fraction of sp³-hybridized carbons (Fsp3) is 0.125. The zero-order valence-electron chi connectivity index (χ0n) is 10.8. The van der Waals surface area contributed by atoms with Crippen molar-refractivity contribution >= 4 is 33.2 Å². The SMILES string of the molecule is OC1c2ccc(F)c(F)c2CSc2c1ccc1ccsc21. The number of hydrogen-bond acceptors (Lipinski definition) is 3. The first-order valence-corrected chi connectivity index (χ1v) is 8.31. The number of thioether (sulfide) groups is 1. The number of rotatable bonds is 0. The Bertz CT molecular complexity index is 857. The van der Waals surface area contributed by atoms with Gasteiger partial charge in [-0.1, -0.05) is 18.2 Å². The van der Waals surface area contributed by atoms with Crippen LogP contribution in [0.25, 0.3) is 10.1 Å². The number of hydrogen-bond donors (Lipinski definition) is 1. The first kappa shape index (κ1) is 13.2. The molecular weight excluding hydrogens is 310 g/mol. The highest BCUT2D eigenvalue weighted by Crippen LogP contribution is 2.45. The Kier molecular flexibility index (Phi) is 3.03. The minimum absolute atomic E-state index is 0.258. The van der Waals surface area contributed by atoms with Crippen molar-refractivity contribution < 1.29 is 13.9 Å². The van der Waals surface area contributed by atoms with E-state index in [4.69, 9.17) is 0 Å². The first-order chi connectivity index (χ1) is 10.2. The molecule has 0 amide bonds. The lowest BCUT2D eigenvalue weighted by molar-refractivity contribution is 0.216. The van der Waals surface area contributed by atoms with Crippen molar-refractivity contribution in [2.75, 3.05) is 0 Å². The molecule has 21 heavy (non-hydrogen) atoms. The third kappa shape index (κ3) is 1.92. The van der Waals surface area contributed by atoms with E-state index < -0.39 is 17.7 Å². The molecule has 0 saturated carbocycles. The summed E-state index contributed by atoms with van der Waals surface area (Å²) in [6.45, 7) is 0. The first-order valence-electron chi connectivity index (χ1n) is 6.44. The van der Waals surface area contributed by atoms with Gasteiger partial charge in [-0.25, -0.2) is 8.78 Å². The smallest absolute Gasteiger partial charge is 0.163 e. The van der Waals surface area contributed by atoms with E-state index in [2.05, 4.69) is 0 Å². The molecule has 1 atom stereocenters. The summed E-state index contributed by atoms with van der Waals surface area (Å²) >= 11 is 3.06. The Morgan fingerprint density at radius 3 is 2.71 bits per heavy atom. The number of aliphatic hydroxyl groups is 1. The van der Waals surface area contributed by atoms with Crippen LogP contribution in [0.15, 0.2) is 40.6 Å². The minimum atomic E-state index is -0.924. The molecule has 1 nitrogen and oxygen atoms in total. The standard InChI is InChI=1S/C16H10F2OS2/c17-12-4-3-9-11(13(12)18)7-21-16-10(14(9)19)2-1-8-5-6-20-15(8)16/h1-6,14,19H,7H2. The van der Waals surface area contributed by atoms with Crippen LogP contribution in [0.4, 0.5) is 8.78 Å². The van der Waals surface area contributed by atoms with Gasteiger partial charge >= 0.3 is 0 Å². The van der Waals surface area contributed by atoms with Gasteiger partial charge in [0.05, 0.1) is 0 Å². The molecule has 106 valence electrons. The lowest BCUT2D eigenvalue weighted by Gasteiger charge is -2.14. The van der Waals surface area contributed by atoms with Crippen LogP contribution in [-0.4, -0.2) is 5.11 Å². The van der Waals surface area contributed by atoms with Crippen molar-refractivity contribution in [3.8, 4) is 0 Å². The van der Waals surface area contributed by atoms with Crippen LogP contribution in [0.5, 0.6) is 0 Å². The van der Waals surface area contributed by atoms with Crippen molar-refractivity contribution in [3.63, 3.8) is 0 Å². The molecule has 1 aliphatic heterocycles. The number of aliphatic hydroxyl groups excluding tert-OH is 1. The second-order valence-electron chi connectivity index (χ2n) is 4.94. The molecule has 1 aliphatic rings. The van der Waals surface area contributed by atoms with Gasteiger partial charge in [-0.3, -0.25) is 0 Å². The predicted molar refractivity (Wildman–Crippen MR) is 81.8 cm³/mol. The van der Waals surface area contributed by atoms with Gasteiger partial charge in [-0.05, 0) is 28.5 Å². The Hall–Kier alpha value is -1.43. The summed E-state index contributed by atoms with van der Waals surface area (Å²) in [5, 5.41) is 13.7. The van der Waals surface area contributed by atoms with Crippen LogP contribution in [0.3, 0.4) is 0 Å². The van der Waals surface area contributed by atoms with Crippen LogP contribution in [0.2, 0.25) is 0 Å². The number of thiophene rings is 1. The highest BCUT2D eigenvalue weighted by Gasteiger charge is 2.27. The van der Waals surface area contributed by atoms with E-state index in [1.807, 2.05) is 23.6 Å². The molecule has 1 aromatic heterocycles. The van der Waals surface area contributed by atoms with E-state index in [-0.39, 0.29) is 5.56 Å². The monoisotopic (exact) mass is 320 g/mol. The average Bonchev–Trinajstić information content (AvgIpc) is 2.91. The van der Waals surface area contributed by atoms with E-state index in [0.717, 1.165) is 26.6 Å². The van der Waals surface area contributed by atoms with Gasteiger partial charge in [-0.15, -0.1) is 23.1 Å². The van der Waals surface area contributed by atoms with Crippen molar-refractivity contribution in [2.24, 2.45) is 0 Å². The Morgan fingerprint density at radius 2 is 1.86 bits per heavy atom. The van der Waals surface area contributed by atoms with Gasteiger partial charge in [0.25, 0.3) is 0 Å². The maximum atomic E-state index is 14.0.